The Balaban J connectivity index is 1.47. The second-order valence-corrected chi connectivity index (χ2v) is 8.44. The molecule has 0 radical (unpaired) electrons. The predicted molar refractivity (Wildman–Crippen MR) is 138 cm³/mol. The molecule has 0 saturated heterocycles. The number of fused-ring (bicyclic) bond motifs is 1. The second kappa shape index (κ2) is 10.2. The van der Waals surface area contributed by atoms with Crippen LogP contribution in [-0.4, -0.2) is 5.91 Å². The van der Waals surface area contributed by atoms with Gasteiger partial charge in [-0.1, -0.05) is 66.2 Å². The van der Waals surface area contributed by atoms with Crippen molar-refractivity contribution in [3.05, 3.63) is 112 Å². The fourth-order valence-corrected chi connectivity index (χ4v) is 3.85. The molecule has 0 fully saturated rings. The summed E-state index contributed by atoms with van der Waals surface area (Å²) >= 11 is 6.43. The van der Waals surface area contributed by atoms with Gasteiger partial charge in [0, 0.05) is 5.69 Å². The van der Waals surface area contributed by atoms with E-state index in [0.717, 1.165) is 22.1 Å². The van der Waals surface area contributed by atoms with E-state index < -0.39 is 5.91 Å². The fourth-order valence-electron chi connectivity index (χ4n) is 3.60. The smallest absolute Gasteiger partial charge is 0.266 e. The Morgan fingerprint density at radius 3 is 2.56 bits per heavy atom. The number of hydrogen-bond acceptors (Lipinski definition) is 3. The molecule has 0 heterocycles. The van der Waals surface area contributed by atoms with Gasteiger partial charge < -0.3 is 10.1 Å². The summed E-state index contributed by atoms with van der Waals surface area (Å²) in [5, 5.41) is 15.1. The van der Waals surface area contributed by atoms with Gasteiger partial charge in [0.05, 0.1) is 5.02 Å². The molecule has 34 heavy (non-hydrogen) atoms. The molecule has 0 saturated carbocycles. The summed E-state index contributed by atoms with van der Waals surface area (Å²) in [5.41, 5.74) is 4.36. The van der Waals surface area contributed by atoms with Crippen LogP contribution in [0.5, 0.6) is 5.75 Å². The number of carbonyl (C=O) groups excluding carboxylic acids is 1. The van der Waals surface area contributed by atoms with Crippen LogP contribution < -0.4 is 10.1 Å². The number of amides is 1. The highest BCUT2D eigenvalue weighted by molar-refractivity contribution is 6.32. The number of anilines is 1. The molecule has 0 aliphatic carbocycles. The van der Waals surface area contributed by atoms with Gasteiger partial charge in [-0.05, 0) is 77.2 Å². The van der Waals surface area contributed by atoms with Crippen LogP contribution in [-0.2, 0) is 11.4 Å². The van der Waals surface area contributed by atoms with E-state index in [9.17, 15) is 10.1 Å². The number of aryl methyl sites for hydroxylation is 1. The Morgan fingerprint density at radius 1 is 1.00 bits per heavy atom. The Bertz CT molecular complexity index is 1450. The van der Waals surface area contributed by atoms with E-state index in [1.165, 1.54) is 11.5 Å². The molecule has 0 aromatic heterocycles. The van der Waals surface area contributed by atoms with Gasteiger partial charge in [-0.15, -0.1) is 0 Å². The third kappa shape index (κ3) is 5.28. The van der Waals surface area contributed by atoms with Crippen LogP contribution in [0.2, 0.25) is 5.02 Å². The van der Waals surface area contributed by atoms with E-state index in [0.29, 0.717) is 28.6 Å². The van der Waals surface area contributed by atoms with E-state index in [4.69, 9.17) is 16.3 Å². The second-order valence-electron chi connectivity index (χ2n) is 8.03. The lowest BCUT2D eigenvalue weighted by molar-refractivity contribution is -0.112. The third-order valence-electron chi connectivity index (χ3n) is 5.69. The molecule has 5 heteroatoms. The van der Waals surface area contributed by atoms with Gasteiger partial charge >= 0.3 is 0 Å². The topological polar surface area (TPSA) is 62.1 Å². The highest BCUT2D eigenvalue weighted by atomic mass is 35.5. The number of nitriles is 1. The van der Waals surface area contributed by atoms with Crippen molar-refractivity contribution in [1.82, 2.24) is 0 Å². The summed E-state index contributed by atoms with van der Waals surface area (Å²) in [6, 6.07) is 27.2. The molecular formula is C29H23ClN2O2. The van der Waals surface area contributed by atoms with E-state index in [1.54, 1.807) is 18.2 Å². The van der Waals surface area contributed by atoms with Crippen molar-refractivity contribution >= 4 is 40.0 Å². The largest absolute Gasteiger partial charge is 0.487 e. The zero-order valence-corrected chi connectivity index (χ0v) is 19.7. The van der Waals surface area contributed by atoms with Gasteiger partial charge in [-0.25, -0.2) is 0 Å². The molecule has 0 aliphatic heterocycles. The molecule has 4 rings (SSSR count). The Labute approximate surface area is 204 Å². The fraction of sp³-hybridized carbons (Fsp3) is 0.103. The van der Waals surface area contributed by atoms with Crippen LogP contribution in [0, 0.1) is 25.2 Å². The van der Waals surface area contributed by atoms with E-state index in [1.807, 2.05) is 56.3 Å². The molecule has 1 amide bonds. The quantitative estimate of drug-likeness (QED) is 0.241. The Morgan fingerprint density at radius 2 is 1.79 bits per heavy atom. The lowest BCUT2D eigenvalue weighted by Gasteiger charge is -2.11. The van der Waals surface area contributed by atoms with Crippen molar-refractivity contribution in [2.75, 3.05) is 5.32 Å². The highest BCUT2D eigenvalue weighted by Gasteiger charge is 2.12. The number of carbonyl (C=O) groups is 1. The highest BCUT2D eigenvalue weighted by Crippen LogP contribution is 2.28. The average Bonchev–Trinajstić information content (AvgIpc) is 2.84. The number of hydrogen-bond donors (Lipinski definition) is 1. The molecule has 0 spiro atoms. The van der Waals surface area contributed by atoms with Crippen molar-refractivity contribution in [1.29, 1.82) is 5.26 Å². The van der Waals surface area contributed by atoms with Gasteiger partial charge in [-0.3, -0.25) is 4.79 Å². The van der Waals surface area contributed by atoms with Crippen molar-refractivity contribution in [3.63, 3.8) is 0 Å². The molecule has 4 aromatic rings. The van der Waals surface area contributed by atoms with Crippen LogP contribution >= 0.6 is 11.6 Å². The summed E-state index contributed by atoms with van der Waals surface area (Å²) in [6.45, 7) is 4.27. The first-order chi connectivity index (χ1) is 16.4. The normalized spacial score (nSPS) is 11.2. The minimum Gasteiger partial charge on any atom is -0.487 e. The van der Waals surface area contributed by atoms with Crippen molar-refractivity contribution < 1.29 is 9.53 Å². The van der Waals surface area contributed by atoms with Crippen LogP contribution in [0.1, 0.15) is 22.3 Å². The molecule has 0 unspecified atom stereocenters. The van der Waals surface area contributed by atoms with Gasteiger partial charge in [0.1, 0.15) is 24.0 Å². The first-order valence-corrected chi connectivity index (χ1v) is 11.2. The summed E-state index contributed by atoms with van der Waals surface area (Å²) in [4.78, 5) is 12.7. The van der Waals surface area contributed by atoms with Crippen molar-refractivity contribution in [3.8, 4) is 11.8 Å². The summed E-state index contributed by atoms with van der Waals surface area (Å²) in [5.74, 6) is 0.0641. The maximum Gasteiger partial charge on any atom is 0.266 e. The number of nitrogens with one attached hydrogen (secondary N) is 1. The maximum atomic E-state index is 12.7. The van der Waals surface area contributed by atoms with Gasteiger partial charge in [0.2, 0.25) is 0 Å². The summed E-state index contributed by atoms with van der Waals surface area (Å²) in [7, 11) is 0. The molecule has 1 N–H and O–H groups in total. The Kier molecular flexibility index (Phi) is 6.96. The zero-order valence-electron chi connectivity index (χ0n) is 18.9. The lowest BCUT2D eigenvalue weighted by Crippen LogP contribution is -2.14. The van der Waals surface area contributed by atoms with Crippen LogP contribution in [0.25, 0.3) is 16.8 Å². The molecule has 4 nitrogen and oxygen atoms in total. The lowest BCUT2D eigenvalue weighted by atomic mass is 10.1. The monoisotopic (exact) mass is 466 g/mol. The van der Waals surface area contributed by atoms with Gasteiger partial charge in [0.15, 0.2) is 0 Å². The maximum absolute atomic E-state index is 12.7. The predicted octanol–water partition coefficient (Wildman–Crippen LogP) is 7.23. The number of rotatable bonds is 6. The first-order valence-electron chi connectivity index (χ1n) is 10.8. The summed E-state index contributed by atoms with van der Waals surface area (Å²) in [6.07, 6.45) is 1.51. The van der Waals surface area contributed by atoms with Crippen LogP contribution in [0.3, 0.4) is 0 Å². The minimum absolute atomic E-state index is 0.0122. The molecule has 0 atom stereocenters. The van der Waals surface area contributed by atoms with Crippen molar-refractivity contribution in [2.45, 2.75) is 20.5 Å². The third-order valence-corrected chi connectivity index (χ3v) is 5.99. The number of ether oxygens (including phenoxy) is 1. The molecule has 0 bridgehead atoms. The van der Waals surface area contributed by atoms with Crippen LogP contribution in [0.4, 0.5) is 5.69 Å². The molecular weight excluding hydrogens is 444 g/mol. The number of halogens is 1. The SMILES string of the molecule is Cc1cccc(NC(=O)/C(C#N)=C/c2ccc(OCc3ccc4ccccc4c3)c(Cl)c2)c1C. The molecule has 168 valence electrons. The summed E-state index contributed by atoms with van der Waals surface area (Å²) < 4.78 is 5.91. The van der Waals surface area contributed by atoms with Gasteiger partial charge in [0.25, 0.3) is 5.91 Å². The average molecular weight is 467 g/mol. The number of benzene rings is 4. The first kappa shape index (κ1) is 23.1. The standard InChI is InChI=1S/C29H23ClN2O2/c1-19-6-5-9-27(20(19)2)32-29(33)25(17-31)14-21-11-13-28(26(30)16-21)34-18-22-10-12-23-7-3-4-8-24(23)15-22/h3-16H,18H2,1-2H3,(H,32,33)/b25-14+. The molecule has 4 aromatic carbocycles. The zero-order chi connectivity index (χ0) is 24.1. The molecule has 0 aliphatic rings. The van der Waals surface area contributed by atoms with Gasteiger partial charge in [-0.2, -0.15) is 5.26 Å². The minimum atomic E-state index is -0.469. The van der Waals surface area contributed by atoms with E-state index in [-0.39, 0.29) is 5.57 Å². The van der Waals surface area contributed by atoms with E-state index >= 15 is 0 Å². The van der Waals surface area contributed by atoms with Crippen molar-refractivity contribution in [2.24, 2.45) is 0 Å². The number of nitrogens with zero attached hydrogens (tertiary/aromatic N) is 1. The Hall–Kier alpha value is -4.07. The van der Waals surface area contributed by atoms with E-state index in [2.05, 4.69) is 29.6 Å². The van der Waals surface area contributed by atoms with Crippen LogP contribution in [0.15, 0.2) is 84.4 Å².